The van der Waals surface area contributed by atoms with Crippen LogP contribution in [0.15, 0.2) is 6.33 Å². The van der Waals surface area contributed by atoms with Crippen molar-refractivity contribution in [1.29, 1.82) is 0 Å². The zero-order chi connectivity index (χ0) is 8.55. The van der Waals surface area contributed by atoms with Gasteiger partial charge in [0.05, 0.1) is 12.0 Å². The third kappa shape index (κ3) is 1.05. The summed E-state index contributed by atoms with van der Waals surface area (Å²) in [7, 11) is 0. The molecule has 0 amide bonds. The molecule has 1 heterocycles. The second-order valence-electron chi connectivity index (χ2n) is 2.95. The van der Waals surface area contributed by atoms with Crippen LogP contribution in [0.3, 0.4) is 0 Å². The quantitative estimate of drug-likeness (QED) is 0.656. The van der Waals surface area contributed by atoms with Gasteiger partial charge in [0.15, 0.2) is 0 Å². The molecule has 0 atom stereocenters. The molecule has 6 nitrogen and oxygen atoms in total. The van der Waals surface area contributed by atoms with Crippen LogP contribution in [-0.2, 0) is 4.79 Å². The monoisotopic (exact) mass is 168 g/mol. The SMILES string of the molecule is O=C(O)C1CC(n2cnnn2)C1. The zero-order valence-corrected chi connectivity index (χ0v) is 6.29. The lowest BCUT2D eigenvalue weighted by Gasteiger charge is -2.31. The summed E-state index contributed by atoms with van der Waals surface area (Å²) >= 11 is 0. The second kappa shape index (κ2) is 2.54. The zero-order valence-electron chi connectivity index (χ0n) is 6.29. The number of carboxylic acid groups (broad SMARTS) is 1. The molecule has 0 aromatic carbocycles. The number of carbonyl (C=O) groups is 1. The van der Waals surface area contributed by atoms with E-state index in [9.17, 15) is 4.79 Å². The number of rotatable bonds is 2. The number of tetrazole rings is 1. The Morgan fingerprint density at radius 1 is 1.58 bits per heavy atom. The third-order valence-electron chi connectivity index (χ3n) is 2.20. The summed E-state index contributed by atoms with van der Waals surface area (Å²) in [5.41, 5.74) is 0. The lowest BCUT2D eigenvalue weighted by molar-refractivity contribution is -0.146. The van der Waals surface area contributed by atoms with E-state index < -0.39 is 5.97 Å². The van der Waals surface area contributed by atoms with Crippen LogP contribution in [0.25, 0.3) is 0 Å². The van der Waals surface area contributed by atoms with Crippen LogP contribution in [0, 0.1) is 5.92 Å². The van der Waals surface area contributed by atoms with Crippen LogP contribution >= 0.6 is 0 Å². The molecule has 0 spiro atoms. The van der Waals surface area contributed by atoms with E-state index in [0.29, 0.717) is 12.8 Å². The summed E-state index contributed by atoms with van der Waals surface area (Å²) < 4.78 is 1.61. The van der Waals surface area contributed by atoms with Crippen LogP contribution in [0.1, 0.15) is 18.9 Å². The van der Waals surface area contributed by atoms with E-state index >= 15 is 0 Å². The topological polar surface area (TPSA) is 80.9 Å². The number of aromatic nitrogens is 4. The first-order chi connectivity index (χ1) is 5.77. The molecule has 2 rings (SSSR count). The number of nitrogens with zero attached hydrogens (tertiary/aromatic N) is 4. The summed E-state index contributed by atoms with van der Waals surface area (Å²) in [5.74, 6) is -0.932. The molecule has 0 saturated heterocycles. The largest absolute Gasteiger partial charge is 0.481 e. The van der Waals surface area contributed by atoms with Gasteiger partial charge in [0.1, 0.15) is 6.33 Å². The molecule has 0 unspecified atom stereocenters. The van der Waals surface area contributed by atoms with Gasteiger partial charge in [-0.3, -0.25) is 4.79 Å². The van der Waals surface area contributed by atoms with E-state index in [2.05, 4.69) is 15.5 Å². The standard InChI is InChI=1S/C6H8N4O2/c11-6(12)4-1-5(2-4)10-3-7-8-9-10/h3-5H,1-2H2,(H,11,12). The van der Waals surface area contributed by atoms with Gasteiger partial charge >= 0.3 is 5.97 Å². The van der Waals surface area contributed by atoms with Gasteiger partial charge in [-0.25, -0.2) is 4.68 Å². The molecule has 6 heteroatoms. The molecule has 1 aromatic heterocycles. The lowest BCUT2D eigenvalue weighted by Crippen LogP contribution is -2.32. The minimum Gasteiger partial charge on any atom is -0.481 e. The van der Waals surface area contributed by atoms with Gasteiger partial charge in [-0.1, -0.05) is 0 Å². The van der Waals surface area contributed by atoms with Crippen LogP contribution in [0.2, 0.25) is 0 Å². The van der Waals surface area contributed by atoms with Crippen LogP contribution in [0.4, 0.5) is 0 Å². The Hall–Kier alpha value is -1.46. The Labute approximate surface area is 68.2 Å². The third-order valence-corrected chi connectivity index (χ3v) is 2.20. The Morgan fingerprint density at radius 2 is 2.33 bits per heavy atom. The van der Waals surface area contributed by atoms with Gasteiger partial charge in [-0.15, -0.1) is 5.10 Å². The summed E-state index contributed by atoms with van der Waals surface area (Å²) in [4.78, 5) is 10.4. The van der Waals surface area contributed by atoms with Crippen LogP contribution in [-0.4, -0.2) is 31.3 Å². The van der Waals surface area contributed by atoms with Crippen molar-refractivity contribution in [2.24, 2.45) is 5.92 Å². The Balaban J connectivity index is 1.94. The highest BCUT2D eigenvalue weighted by Crippen LogP contribution is 2.36. The van der Waals surface area contributed by atoms with Gasteiger partial charge in [0.2, 0.25) is 0 Å². The Kier molecular flexibility index (Phi) is 1.53. The number of hydrogen-bond acceptors (Lipinski definition) is 4. The number of hydrogen-bond donors (Lipinski definition) is 1. The number of aliphatic carboxylic acids is 1. The molecule has 1 saturated carbocycles. The summed E-state index contributed by atoms with van der Waals surface area (Å²) in [6.45, 7) is 0. The molecular weight excluding hydrogens is 160 g/mol. The highest BCUT2D eigenvalue weighted by molar-refractivity contribution is 5.71. The Morgan fingerprint density at radius 3 is 2.83 bits per heavy atom. The normalized spacial score (nSPS) is 28.0. The molecule has 12 heavy (non-hydrogen) atoms. The fraction of sp³-hybridized carbons (Fsp3) is 0.667. The summed E-state index contributed by atoms with van der Waals surface area (Å²) in [6, 6.07) is 0.182. The predicted octanol–water partition coefficient (Wildman–Crippen LogP) is -0.291. The molecule has 1 aliphatic carbocycles. The van der Waals surface area contributed by atoms with Gasteiger partial charge in [0.25, 0.3) is 0 Å². The first-order valence-corrected chi connectivity index (χ1v) is 3.72. The molecular formula is C6H8N4O2. The summed E-state index contributed by atoms with van der Waals surface area (Å²) in [6.07, 6.45) is 2.80. The van der Waals surface area contributed by atoms with E-state index in [1.807, 2.05) is 0 Å². The van der Waals surface area contributed by atoms with Crippen molar-refractivity contribution in [1.82, 2.24) is 20.2 Å². The smallest absolute Gasteiger partial charge is 0.306 e. The Bertz CT molecular complexity index is 278. The molecule has 1 aliphatic rings. The van der Waals surface area contributed by atoms with Crippen molar-refractivity contribution in [2.45, 2.75) is 18.9 Å². The average molecular weight is 168 g/mol. The van der Waals surface area contributed by atoms with Crippen LogP contribution in [0.5, 0.6) is 0 Å². The maximum absolute atomic E-state index is 10.4. The molecule has 1 aromatic rings. The summed E-state index contributed by atoms with van der Waals surface area (Å²) in [5, 5.41) is 19.2. The van der Waals surface area contributed by atoms with E-state index in [0.717, 1.165) is 0 Å². The maximum Gasteiger partial charge on any atom is 0.306 e. The van der Waals surface area contributed by atoms with Crippen molar-refractivity contribution in [3.05, 3.63) is 6.33 Å². The van der Waals surface area contributed by atoms with Crippen molar-refractivity contribution in [3.8, 4) is 0 Å². The first-order valence-electron chi connectivity index (χ1n) is 3.72. The molecule has 1 N–H and O–H groups in total. The van der Waals surface area contributed by atoms with Crippen molar-refractivity contribution >= 4 is 5.97 Å². The fourth-order valence-corrected chi connectivity index (χ4v) is 1.34. The fourth-order valence-electron chi connectivity index (χ4n) is 1.34. The van der Waals surface area contributed by atoms with E-state index in [1.165, 1.54) is 6.33 Å². The first kappa shape index (κ1) is 7.20. The predicted molar refractivity (Wildman–Crippen MR) is 37.2 cm³/mol. The van der Waals surface area contributed by atoms with Crippen LogP contribution < -0.4 is 0 Å². The van der Waals surface area contributed by atoms with Gasteiger partial charge in [-0.05, 0) is 23.3 Å². The second-order valence-corrected chi connectivity index (χ2v) is 2.95. The van der Waals surface area contributed by atoms with Gasteiger partial charge in [0, 0.05) is 0 Å². The molecule has 0 aliphatic heterocycles. The molecule has 0 bridgehead atoms. The highest BCUT2D eigenvalue weighted by atomic mass is 16.4. The lowest BCUT2D eigenvalue weighted by atomic mass is 9.80. The highest BCUT2D eigenvalue weighted by Gasteiger charge is 2.36. The average Bonchev–Trinajstić information content (AvgIpc) is 2.34. The van der Waals surface area contributed by atoms with Crippen molar-refractivity contribution in [2.75, 3.05) is 0 Å². The maximum atomic E-state index is 10.4. The van der Waals surface area contributed by atoms with Gasteiger partial charge in [-0.2, -0.15) is 0 Å². The molecule has 1 fully saturated rings. The van der Waals surface area contributed by atoms with Crippen molar-refractivity contribution < 1.29 is 9.90 Å². The van der Waals surface area contributed by atoms with E-state index in [-0.39, 0.29) is 12.0 Å². The minimum absolute atomic E-state index is 0.182. The molecule has 0 radical (unpaired) electrons. The molecule has 64 valence electrons. The minimum atomic E-state index is -0.723. The van der Waals surface area contributed by atoms with Crippen molar-refractivity contribution in [3.63, 3.8) is 0 Å². The van der Waals surface area contributed by atoms with E-state index in [4.69, 9.17) is 5.11 Å². The number of carboxylic acids is 1. The van der Waals surface area contributed by atoms with E-state index in [1.54, 1.807) is 4.68 Å². The van der Waals surface area contributed by atoms with Gasteiger partial charge < -0.3 is 5.11 Å².